The molecule has 0 spiro atoms. The van der Waals surface area contributed by atoms with Crippen molar-refractivity contribution in [2.45, 2.75) is 27.2 Å². The molecule has 1 heterocycles. The van der Waals surface area contributed by atoms with Gasteiger partial charge in [0.15, 0.2) is 5.78 Å². The molecule has 0 aliphatic rings. The smallest absolute Gasteiger partial charge is 0.172 e. The molecule has 0 atom stereocenters. The van der Waals surface area contributed by atoms with Crippen LogP contribution in [0.2, 0.25) is 0 Å². The van der Waals surface area contributed by atoms with Crippen LogP contribution in [0.3, 0.4) is 0 Å². The molecule has 0 amide bonds. The summed E-state index contributed by atoms with van der Waals surface area (Å²) in [5.41, 5.74) is 1.09. The Morgan fingerprint density at radius 2 is 2.08 bits per heavy atom. The molecule has 0 saturated carbocycles. The Labute approximate surface area is 84.9 Å². The lowest BCUT2D eigenvalue weighted by Crippen LogP contribution is -1.94. The van der Waals surface area contributed by atoms with Crippen molar-refractivity contribution in [1.82, 2.24) is 0 Å². The Balaban J connectivity index is 3.17. The zero-order valence-corrected chi connectivity index (χ0v) is 9.80. The minimum absolute atomic E-state index is 0.242. The zero-order chi connectivity index (χ0) is 9.30. The van der Waals surface area contributed by atoms with Crippen molar-refractivity contribution < 1.29 is 4.79 Å². The second kappa shape index (κ2) is 3.71. The van der Waals surface area contributed by atoms with Gasteiger partial charge in [-0.1, -0.05) is 6.92 Å². The Morgan fingerprint density at radius 3 is 2.42 bits per heavy atom. The van der Waals surface area contributed by atoms with Gasteiger partial charge in [0.1, 0.15) is 0 Å². The van der Waals surface area contributed by atoms with Crippen LogP contribution in [0.1, 0.15) is 33.5 Å². The van der Waals surface area contributed by atoms with Crippen molar-refractivity contribution >= 4 is 33.0 Å². The van der Waals surface area contributed by atoms with Crippen molar-refractivity contribution in [1.29, 1.82) is 0 Å². The van der Waals surface area contributed by atoms with E-state index in [1.54, 1.807) is 11.3 Å². The first-order valence-electron chi connectivity index (χ1n) is 3.86. The van der Waals surface area contributed by atoms with E-state index < -0.39 is 0 Å². The summed E-state index contributed by atoms with van der Waals surface area (Å²) in [7, 11) is 0. The van der Waals surface area contributed by atoms with E-state index in [2.05, 4.69) is 15.9 Å². The summed E-state index contributed by atoms with van der Waals surface area (Å²) in [6, 6.07) is 0. The first-order chi connectivity index (χ1) is 5.57. The number of thiophene rings is 1. The molecule has 1 nitrogen and oxygen atoms in total. The number of halogens is 1. The van der Waals surface area contributed by atoms with Crippen LogP contribution in [0.4, 0.5) is 0 Å². The largest absolute Gasteiger partial charge is 0.293 e. The first-order valence-corrected chi connectivity index (χ1v) is 5.47. The second-order valence-corrected chi connectivity index (χ2v) is 4.72. The van der Waals surface area contributed by atoms with Crippen molar-refractivity contribution in [3.05, 3.63) is 19.8 Å². The lowest BCUT2D eigenvalue weighted by atomic mass is 10.2. The molecule has 66 valence electrons. The number of aryl methyl sites for hydroxylation is 1. The van der Waals surface area contributed by atoms with E-state index in [-0.39, 0.29) is 5.78 Å². The summed E-state index contributed by atoms with van der Waals surface area (Å²) in [6.45, 7) is 5.90. The van der Waals surface area contributed by atoms with E-state index in [1.165, 1.54) is 4.88 Å². The van der Waals surface area contributed by atoms with E-state index >= 15 is 0 Å². The fourth-order valence-electron chi connectivity index (χ4n) is 1.06. The molecule has 1 aromatic rings. The highest BCUT2D eigenvalue weighted by Crippen LogP contribution is 2.32. The number of carbonyl (C=O) groups excluding carboxylic acids is 1. The van der Waals surface area contributed by atoms with Gasteiger partial charge in [-0.2, -0.15) is 0 Å². The fourth-order valence-corrected chi connectivity index (χ4v) is 2.70. The van der Waals surface area contributed by atoms with Crippen LogP contribution in [0.25, 0.3) is 0 Å². The van der Waals surface area contributed by atoms with Gasteiger partial charge in [-0.15, -0.1) is 11.3 Å². The molecule has 0 unspecified atom stereocenters. The molecule has 0 N–H and O–H groups in total. The van der Waals surface area contributed by atoms with Gasteiger partial charge in [0, 0.05) is 15.8 Å². The predicted octanol–water partition coefficient (Wildman–Crippen LogP) is 3.72. The van der Waals surface area contributed by atoms with E-state index in [4.69, 9.17) is 0 Å². The summed E-state index contributed by atoms with van der Waals surface area (Å²) in [6.07, 6.45) is 0.591. The fraction of sp³-hybridized carbons (Fsp3) is 0.444. The number of ketones is 1. The molecular weight excluding hydrogens is 236 g/mol. The summed E-state index contributed by atoms with van der Waals surface area (Å²) in [5.74, 6) is 0.242. The SMILES string of the molecule is CCC(=O)c1sc(C)c(Br)c1C. The van der Waals surface area contributed by atoms with Crippen LogP contribution < -0.4 is 0 Å². The maximum absolute atomic E-state index is 11.4. The molecule has 1 rings (SSSR count). The van der Waals surface area contributed by atoms with Gasteiger partial charge < -0.3 is 0 Å². The lowest BCUT2D eigenvalue weighted by molar-refractivity contribution is 0.0991. The van der Waals surface area contributed by atoms with Crippen molar-refractivity contribution in [2.75, 3.05) is 0 Å². The second-order valence-electron chi connectivity index (χ2n) is 2.70. The normalized spacial score (nSPS) is 10.3. The molecule has 0 saturated heterocycles. The van der Waals surface area contributed by atoms with Crippen molar-refractivity contribution in [2.24, 2.45) is 0 Å². The van der Waals surface area contributed by atoms with Gasteiger partial charge in [-0.25, -0.2) is 0 Å². The highest BCUT2D eigenvalue weighted by Gasteiger charge is 2.14. The molecule has 0 aromatic carbocycles. The van der Waals surface area contributed by atoms with E-state index in [1.807, 2.05) is 20.8 Å². The van der Waals surface area contributed by atoms with Crippen LogP contribution in [0.5, 0.6) is 0 Å². The third kappa shape index (κ3) is 1.62. The predicted molar refractivity (Wildman–Crippen MR) is 56.1 cm³/mol. The van der Waals surface area contributed by atoms with Crippen LogP contribution >= 0.6 is 27.3 Å². The monoisotopic (exact) mass is 246 g/mol. The molecule has 0 aliphatic carbocycles. The molecule has 0 radical (unpaired) electrons. The van der Waals surface area contributed by atoms with E-state index in [9.17, 15) is 4.79 Å². The Morgan fingerprint density at radius 1 is 1.50 bits per heavy atom. The van der Waals surface area contributed by atoms with E-state index in [0.717, 1.165) is 14.9 Å². The standard InChI is InChI=1S/C9H11BrOS/c1-4-7(11)9-5(2)8(10)6(3)12-9/h4H2,1-3H3. The quantitative estimate of drug-likeness (QED) is 0.728. The average molecular weight is 247 g/mol. The molecule has 0 fully saturated rings. The maximum Gasteiger partial charge on any atom is 0.172 e. The van der Waals surface area contributed by atoms with E-state index in [0.29, 0.717) is 6.42 Å². The lowest BCUT2D eigenvalue weighted by Gasteiger charge is -1.93. The number of hydrogen-bond donors (Lipinski definition) is 0. The Kier molecular flexibility index (Phi) is 3.07. The topological polar surface area (TPSA) is 17.1 Å². The summed E-state index contributed by atoms with van der Waals surface area (Å²) >= 11 is 5.03. The molecule has 1 aromatic heterocycles. The first kappa shape index (κ1) is 9.93. The summed E-state index contributed by atoms with van der Waals surface area (Å²) in [5, 5.41) is 0. The maximum atomic E-state index is 11.4. The minimum atomic E-state index is 0.242. The van der Waals surface area contributed by atoms with Gasteiger partial charge in [-0.05, 0) is 35.3 Å². The molecule has 0 aliphatic heterocycles. The van der Waals surface area contributed by atoms with Crippen LogP contribution in [-0.4, -0.2) is 5.78 Å². The molecule has 0 bridgehead atoms. The molecule has 3 heteroatoms. The number of rotatable bonds is 2. The number of carbonyl (C=O) groups is 1. The molecule has 12 heavy (non-hydrogen) atoms. The van der Waals surface area contributed by atoms with Crippen LogP contribution in [-0.2, 0) is 0 Å². The van der Waals surface area contributed by atoms with Gasteiger partial charge in [0.2, 0.25) is 0 Å². The highest BCUT2D eigenvalue weighted by molar-refractivity contribution is 9.10. The number of hydrogen-bond acceptors (Lipinski definition) is 2. The third-order valence-electron chi connectivity index (χ3n) is 1.81. The highest BCUT2D eigenvalue weighted by atomic mass is 79.9. The van der Waals surface area contributed by atoms with Crippen molar-refractivity contribution in [3.8, 4) is 0 Å². The minimum Gasteiger partial charge on any atom is -0.293 e. The third-order valence-corrected chi connectivity index (χ3v) is 4.51. The van der Waals surface area contributed by atoms with Gasteiger partial charge >= 0.3 is 0 Å². The summed E-state index contributed by atoms with van der Waals surface area (Å²) < 4.78 is 1.09. The van der Waals surface area contributed by atoms with Crippen molar-refractivity contribution in [3.63, 3.8) is 0 Å². The summed E-state index contributed by atoms with van der Waals surface area (Å²) in [4.78, 5) is 13.5. The van der Waals surface area contributed by atoms with Gasteiger partial charge in [0.05, 0.1) is 4.88 Å². The Hall–Kier alpha value is -0.150. The Bertz CT molecular complexity index is 315. The number of Topliss-reactive ketones (excluding diaryl/α,β-unsaturated/α-hetero) is 1. The van der Waals surface area contributed by atoms with Gasteiger partial charge in [-0.3, -0.25) is 4.79 Å². The average Bonchev–Trinajstić information content (AvgIpc) is 2.32. The zero-order valence-electron chi connectivity index (χ0n) is 7.40. The van der Waals surface area contributed by atoms with Crippen LogP contribution in [0, 0.1) is 13.8 Å². The molecular formula is C9H11BrOS. The van der Waals surface area contributed by atoms with Gasteiger partial charge in [0.25, 0.3) is 0 Å². The van der Waals surface area contributed by atoms with Crippen LogP contribution in [0.15, 0.2) is 4.47 Å².